The van der Waals surface area contributed by atoms with Crippen molar-refractivity contribution in [3.8, 4) is 0 Å². The largest absolute Gasteiger partial charge is 0.381 e. The van der Waals surface area contributed by atoms with Gasteiger partial charge in [-0.25, -0.2) is 9.97 Å². The lowest BCUT2D eigenvalue weighted by Crippen LogP contribution is -2.06. The second-order valence-corrected chi connectivity index (χ2v) is 6.41. The van der Waals surface area contributed by atoms with Gasteiger partial charge in [0.1, 0.15) is 5.15 Å². The van der Waals surface area contributed by atoms with E-state index in [1.54, 1.807) is 6.20 Å². The Morgan fingerprint density at radius 3 is 2.74 bits per heavy atom. The maximum absolute atomic E-state index is 6.27. The van der Waals surface area contributed by atoms with Crippen LogP contribution in [0.25, 0.3) is 11.2 Å². The lowest BCUT2D eigenvalue weighted by atomic mass is 9.99. The third-order valence-corrected chi connectivity index (χ3v) is 4.47. The summed E-state index contributed by atoms with van der Waals surface area (Å²) in [5, 5.41) is 0.548. The van der Waals surface area contributed by atoms with Crippen molar-refractivity contribution in [3.63, 3.8) is 0 Å². The lowest BCUT2D eigenvalue weighted by Gasteiger charge is -2.13. The highest BCUT2D eigenvalue weighted by Gasteiger charge is 2.15. The lowest BCUT2D eigenvalue weighted by molar-refractivity contribution is 0.699. The molecule has 0 aliphatic heterocycles. The molecule has 5 heteroatoms. The zero-order chi connectivity index (χ0) is 17.1. The van der Waals surface area contributed by atoms with Crippen LogP contribution in [0.15, 0.2) is 23.9 Å². The van der Waals surface area contributed by atoms with E-state index in [1.807, 2.05) is 11.3 Å². The van der Waals surface area contributed by atoms with Gasteiger partial charge in [0.25, 0.3) is 0 Å². The van der Waals surface area contributed by atoms with Crippen molar-refractivity contribution in [2.45, 2.75) is 47.5 Å². The Morgan fingerprint density at radius 1 is 1.43 bits per heavy atom. The van der Waals surface area contributed by atoms with E-state index in [0.717, 1.165) is 29.8 Å². The molecular formula is C18H25ClN4. The zero-order valence-corrected chi connectivity index (χ0v) is 15.3. The molecule has 0 spiro atoms. The summed E-state index contributed by atoms with van der Waals surface area (Å²) in [6, 6.07) is 0. The van der Waals surface area contributed by atoms with Gasteiger partial charge in [0, 0.05) is 5.69 Å². The first-order valence-electron chi connectivity index (χ1n) is 8.07. The van der Waals surface area contributed by atoms with Crippen molar-refractivity contribution in [3.05, 3.63) is 40.5 Å². The minimum atomic E-state index is 0.398. The molecule has 0 amide bonds. The number of fused-ring (bicyclic) bond motifs is 1. The van der Waals surface area contributed by atoms with Crippen LogP contribution in [0.3, 0.4) is 0 Å². The van der Waals surface area contributed by atoms with E-state index in [1.165, 1.54) is 5.57 Å². The maximum Gasteiger partial charge on any atom is 0.181 e. The number of nitrogen functional groups attached to an aromatic ring is 1. The highest BCUT2D eigenvalue weighted by molar-refractivity contribution is 6.29. The van der Waals surface area contributed by atoms with Gasteiger partial charge in [-0.05, 0) is 31.8 Å². The highest BCUT2D eigenvalue weighted by atomic mass is 35.5. The second-order valence-electron chi connectivity index (χ2n) is 6.02. The number of rotatable bonds is 5. The number of anilines is 1. The molecule has 2 aromatic heterocycles. The molecule has 124 valence electrons. The Morgan fingerprint density at radius 2 is 2.13 bits per heavy atom. The molecule has 0 fully saturated rings. The van der Waals surface area contributed by atoms with Crippen LogP contribution in [0.2, 0.25) is 5.15 Å². The standard InChI is InChI=1S/C18H25ClN4/c1-6-11(3)8-14(9-12(4)7-2)16-13(5)23-15(19)10-21-18(23)17(20)22-16/h8-11H,6-7H2,1-5H3,(H2,20,22)/b12-9+,14-8+. The Labute approximate surface area is 143 Å². The number of nitrogens with two attached hydrogens (primary N) is 1. The van der Waals surface area contributed by atoms with E-state index >= 15 is 0 Å². The number of imidazole rings is 1. The fraction of sp³-hybridized carbons (Fsp3) is 0.444. The van der Waals surface area contributed by atoms with E-state index in [0.29, 0.717) is 22.5 Å². The Kier molecular flexibility index (Phi) is 5.47. The number of aryl methyl sites for hydroxylation is 1. The van der Waals surface area contributed by atoms with Crippen LogP contribution < -0.4 is 5.73 Å². The van der Waals surface area contributed by atoms with Crippen molar-refractivity contribution in [2.24, 2.45) is 5.92 Å². The molecule has 1 unspecified atom stereocenters. The zero-order valence-electron chi connectivity index (χ0n) is 14.5. The van der Waals surface area contributed by atoms with Crippen LogP contribution in [0.1, 0.15) is 51.9 Å². The average Bonchev–Trinajstić information content (AvgIpc) is 2.92. The van der Waals surface area contributed by atoms with Gasteiger partial charge in [-0.3, -0.25) is 4.40 Å². The monoisotopic (exact) mass is 332 g/mol. The summed E-state index contributed by atoms with van der Waals surface area (Å²) in [7, 11) is 0. The Bertz CT molecular complexity index is 771. The van der Waals surface area contributed by atoms with E-state index in [9.17, 15) is 0 Å². The van der Waals surface area contributed by atoms with E-state index in [2.05, 4.69) is 49.8 Å². The van der Waals surface area contributed by atoms with Crippen LogP contribution in [-0.2, 0) is 0 Å². The topological polar surface area (TPSA) is 56.2 Å². The molecule has 0 saturated heterocycles. The van der Waals surface area contributed by atoms with Gasteiger partial charge in [-0.15, -0.1) is 0 Å². The molecular weight excluding hydrogens is 308 g/mol. The predicted molar refractivity (Wildman–Crippen MR) is 98.6 cm³/mol. The molecule has 23 heavy (non-hydrogen) atoms. The Balaban J connectivity index is 2.72. The summed E-state index contributed by atoms with van der Waals surface area (Å²) < 4.78 is 1.86. The number of hydrogen-bond acceptors (Lipinski definition) is 3. The van der Waals surface area contributed by atoms with Crippen molar-refractivity contribution >= 4 is 28.6 Å². The predicted octanol–water partition coefficient (Wildman–Crippen LogP) is 5.06. The van der Waals surface area contributed by atoms with Crippen LogP contribution >= 0.6 is 11.6 Å². The van der Waals surface area contributed by atoms with Crippen molar-refractivity contribution in [1.82, 2.24) is 14.4 Å². The number of hydrogen-bond donors (Lipinski definition) is 1. The number of allylic oxidation sites excluding steroid dienone is 4. The fourth-order valence-corrected chi connectivity index (χ4v) is 2.70. The first kappa shape index (κ1) is 17.5. The van der Waals surface area contributed by atoms with E-state index in [4.69, 9.17) is 17.3 Å². The molecule has 0 aliphatic carbocycles. The summed E-state index contributed by atoms with van der Waals surface area (Å²) in [5.41, 5.74) is 10.9. The number of aromatic nitrogens is 3. The van der Waals surface area contributed by atoms with Gasteiger partial charge in [0.05, 0.1) is 11.9 Å². The SMILES string of the molecule is CC/C(C)=C/C(=C\C(C)CC)c1nc(N)c2ncc(Cl)n2c1C. The second kappa shape index (κ2) is 7.18. The third kappa shape index (κ3) is 3.58. The average molecular weight is 333 g/mol. The van der Waals surface area contributed by atoms with Gasteiger partial charge in [-0.1, -0.05) is 56.5 Å². The van der Waals surface area contributed by atoms with Gasteiger partial charge < -0.3 is 5.73 Å². The van der Waals surface area contributed by atoms with Crippen LogP contribution in [0, 0.1) is 12.8 Å². The summed E-state index contributed by atoms with van der Waals surface area (Å²) >= 11 is 6.27. The summed E-state index contributed by atoms with van der Waals surface area (Å²) in [4.78, 5) is 8.85. The minimum Gasteiger partial charge on any atom is -0.381 e. The molecule has 2 N–H and O–H groups in total. The summed E-state index contributed by atoms with van der Waals surface area (Å²) in [6.45, 7) is 10.7. The van der Waals surface area contributed by atoms with Crippen molar-refractivity contribution in [2.75, 3.05) is 5.73 Å². The number of halogens is 1. The van der Waals surface area contributed by atoms with Crippen LogP contribution in [0.5, 0.6) is 0 Å². The smallest absolute Gasteiger partial charge is 0.181 e. The van der Waals surface area contributed by atoms with Crippen LogP contribution in [0.4, 0.5) is 5.82 Å². The molecule has 1 atom stereocenters. The number of nitrogens with zero attached hydrogens (tertiary/aromatic N) is 3. The van der Waals surface area contributed by atoms with Gasteiger partial charge in [0.15, 0.2) is 11.5 Å². The minimum absolute atomic E-state index is 0.398. The molecule has 2 aromatic rings. The molecule has 0 saturated carbocycles. The molecule has 0 aliphatic rings. The van der Waals surface area contributed by atoms with E-state index < -0.39 is 0 Å². The van der Waals surface area contributed by atoms with Crippen molar-refractivity contribution < 1.29 is 0 Å². The maximum atomic E-state index is 6.27. The van der Waals surface area contributed by atoms with Gasteiger partial charge in [0.2, 0.25) is 0 Å². The van der Waals surface area contributed by atoms with Gasteiger partial charge in [-0.2, -0.15) is 0 Å². The summed E-state index contributed by atoms with van der Waals surface area (Å²) in [5.74, 6) is 0.859. The van der Waals surface area contributed by atoms with E-state index in [-0.39, 0.29) is 0 Å². The fourth-order valence-electron chi connectivity index (χ4n) is 2.45. The Hall–Kier alpha value is -1.81. The van der Waals surface area contributed by atoms with Crippen molar-refractivity contribution in [1.29, 1.82) is 0 Å². The van der Waals surface area contributed by atoms with Gasteiger partial charge >= 0.3 is 0 Å². The normalized spacial score (nSPS) is 14.5. The first-order valence-corrected chi connectivity index (χ1v) is 8.45. The molecule has 4 nitrogen and oxygen atoms in total. The molecule has 2 rings (SSSR count). The van der Waals surface area contributed by atoms with Crippen LogP contribution in [-0.4, -0.2) is 14.4 Å². The molecule has 0 aromatic carbocycles. The quantitative estimate of drug-likeness (QED) is 0.778. The highest BCUT2D eigenvalue weighted by Crippen LogP contribution is 2.28. The third-order valence-electron chi connectivity index (χ3n) is 4.20. The summed E-state index contributed by atoms with van der Waals surface area (Å²) in [6.07, 6.45) is 8.13. The molecule has 2 heterocycles. The first-order chi connectivity index (χ1) is 10.9. The molecule has 0 radical (unpaired) electrons. The molecule has 0 bridgehead atoms.